The van der Waals surface area contributed by atoms with E-state index < -0.39 is 16.8 Å². The summed E-state index contributed by atoms with van der Waals surface area (Å²) >= 11 is 2.13. The summed E-state index contributed by atoms with van der Waals surface area (Å²) in [4.78, 5) is 37.1. The van der Waals surface area contributed by atoms with Crippen LogP contribution in [0.5, 0.6) is 11.5 Å². The number of methoxy groups -OCH3 is 2. The predicted octanol–water partition coefficient (Wildman–Crippen LogP) is 5.53. The lowest BCUT2D eigenvalue weighted by atomic mass is 9.79. The number of ether oxygens (including phenoxy) is 3. The molecule has 3 aromatic carbocycles. The molecule has 1 heterocycles. The van der Waals surface area contributed by atoms with Crippen molar-refractivity contribution in [2.45, 2.75) is 19.4 Å². The van der Waals surface area contributed by atoms with Gasteiger partial charge in [-0.1, -0.05) is 24.3 Å². The van der Waals surface area contributed by atoms with Crippen LogP contribution in [0.2, 0.25) is 0 Å². The number of benzene rings is 3. The van der Waals surface area contributed by atoms with Crippen LogP contribution in [0.25, 0.3) is 5.70 Å². The van der Waals surface area contributed by atoms with Crippen molar-refractivity contribution in [3.05, 3.63) is 113 Å². The Labute approximate surface area is 237 Å². The Bertz CT molecular complexity index is 1590. The van der Waals surface area contributed by atoms with Crippen LogP contribution in [-0.2, 0) is 16.1 Å². The second-order valence-electron chi connectivity index (χ2n) is 9.00. The molecule has 198 valence electrons. The van der Waals surface area contributed by atoms with Crippen molar-refractivity contribution >= 4 is 45.7 Å². The number of Topliss-reactive ketones (excluding diaryl/α,β-unsaturated/α-hetero) is 1. The minimum absolute atomic E-state index is 0.000668. The molecule has 1 aliphatic carbocycles. The van der Waals surface area contributed by atoms with Crippen LogP contribution in [0.4, 0.5) is 5.69 Å². The van der Waals surface area contributed by atoms with Gasteiger partial charge in [0.25, 0.3) is 5.69 Å². The Morgan fingerprint density at radius 1 is 1.08 bits per heavy atom. The molecule has 5 rings (SSSR count). The van der Waals surface area contributed by atoms with Crippen molar-refractivity contribution < 1.29 is 28.7 Å². The quantitative estimate of drug-likeness (QED) is 0.156. The summed E-state index contributed by atoms with van der Waals surface area (Å²) in [5, 5.41) is 14.2. The molecule has 0 spiro atoms. The molecule has 0 aromatic heterocycles. The third-order valence-electron chi connectivity index (χ3n) is 6.77. The number of non-ortho nitro benzene ring substituents is 1. The first-order chi connectivity index (χ1) is 18.7. The van der Waals surface area contributed by atoms with Gasteiger partial charge in [-0.05, 0) is 64.9 Å². The topological polar surface area (TPSA) is 117 Å². The number of fused-ring (bicyclic) bond motifs is 2. The van der Waals surface area contributed by atoms with Gasteiger partial charge in [-0.2, -0.15) is 0 Å². The zero-order chi connectivity index (χ0) is 27.8. The number of allylic oxidation sites excluding steroid dienone is 2. The number of carbonyl (C=O) groups excluding carboxylic acids is 2. The van der Waals surface area contributed by atoms with Gasteiger partial charge < -0.3 is 19.5 Å². The average Bonchev–Trinajstić information content (AvgIpc) is 3.22. The maximum absolute atomic E-state index is 13.6. The first-order valence-corrected chi connectivity index (χ1v) is 13.0. The van der Waals surface area contributed by atoms with Gasteiger partial charge in [0.2, 0.25) is 0 Å². The van der Waals surface area contributed by atoms with Gasteiger partial charge in [-0.3, -0.25) is 14.9 Å². The van der Waals surface area contributed by atoms with Gasteiger partial charge in [-0.15, -0.1) is 0 Å². The Morgan fingerprint density at radius 2 is 1.77 bits per heavy atom. The van der Waals surface area contributed by atoms with Crippen molar-refractivity contribution in [3.8, 4) is 11.5 Å². The van der Waals surface area contributed by atoms with E-state index in [9.17, 15) is 19.7 Å². The van der Waals surface area contributed by atoms with E-state index in [0.29, 0.717) is 48.7 Å². The van der Waals surface area contributed by atoms with E-state index in [4.69, 9.17) is 14.2 Å². The highest BCUT2D eigenvalue weighted by Crippen LogP contribution is 2.48. The number of esters is 1. The highest BCUT2D eigenvalue weighted by Gasteiger charge is 2.43. The van der Waals surface area contributed by atoms with E-state index in [1.807, 2.05) is 24.3 Å². The molecule has 0 saturated heterocycles. The molecule has 0 saturated carbocycles. The Morgan fingerprint density at radius 3 is 2.41 bits per heavy atom. The Hall–Kier alpha value is -4.19. The summed E-state index contributed by atoms with van der Waals surface area (Å²) in [6.07, 6.45) is 0. The Kier molecular flexibility index (Phi) is 7.13. The number of halogens is 1. The van der Waals surface area contributed by atoms with Gasteiger partial charge in [0.15, 0.2) is 17.3 Å². The lowest BCUT2D eigenvalue weighted by molar-refractivity contribution is -0.384. The lowest BCUT2D eigenvalue weighted by Gasteiger charge is -2.29. The van der Waals surface area contributed by atoms with Crippen molar-refractivity contribution in [2.75, 3.05) is 14.2 Å². The number of hydrogen-bond acceptors (Lipinski definition) is 8. The fraction of sp³-hybridized carbons (Fsp3) is 0.172. The molecule has 3 aromatic rings. The largest absolute Gasteiger partial charge is 0.493 e. The molecular formula is C29H23IN2O7. The zero-order valence-corrected chi connectivity index (χ0v) is 23.4. The first-order valence-electron chi connectivity index (χ1n) is 11.9. The van der Waals surface area contributed by atoms with Crippen molar-refractivity contribution in [1.29, 1.82) is 0 Å². The maximum Gasteiger partial charge on any atom is 0.336 e. The second kappa shape index (κ2) is 10.5. The SMILES string of the molecule is COC(=O)C1=C(C)NC2=C(C(=O)c3ccccc32)[C@@H]1c1cc(I)c(OCc2ccc([N+](=O)[O-])cc2)c(OC)c1. The summed E-state index contributed by atoms with van der Waals surface area (Å²) in [5.74, 6) is -0.485. The minimum Gasteiger partial charge on any atom is -0.493 e. The fourth-order valence-electron chi connectivity index (χ4n) is 4.96. The number of nitro benzene ring substituents is 1. The molecule has 39 heavy (non-hydrogen) atoms. The van der Waals surface area contributed by atoms with Gasteiger partial charge >= 0.3 is 5.97 Å². The summed E-state index contributed by atoms with van der Waals surface area (Å²) in [6, 6.07) is 17.1. The van der Waals surface area contributed by atoms with Crippen LogP contribution in [-0.4, -0.2) is 30.9 Å². The molecule has 0 radical (unpaired) electrons. The minimum atomic E-state index is -0.695. The van der Waals surface area contributed by atoms with E-state index in [1.54, 1.807) is 31.2 Å². The highest BCUT2D eigenvalue weighted by atomic mass is 127. The van der Waals surface area contributed by atoms with Crippen molar-refractivity contribution in [1.82, 2.24) is 5.32 Å². The van der Waals surface area contributed by atoms with Gasteiger partial charge in [0, 0.05) is 40.4 Å². The molecule has 0 fully saturated rings. The number of hydrogen-bond donors (Lipinski definition) is 1. The zero-order valence-electron chi connectivity index (χ0n) is 21.2. The van der Waals surface area contributed by atoms with Gasteiger partial charge in [0.05, 0.1) is 34.0 Å². The normalized spacial score (nSPS) is 15.9. The molecule has 0 bridgehead atoms. The Balaban J connectivity index is 1.56. The van der Waals surface area contributed by atoms with Crippen molar-refractivity contribution in [2.24, 2.45) is 0 Å². The standard InChI is InChI=1S/C29H23IN2O7/c1-15-23(29(34)38-3)24(25-26(31-15)19-6-4-5-7-20(19)27(25)33)17-12-21(30)28(22(13-17)37-2)39-14-16-8-10-18(11-9-16)32(35)36/h4-13,24,31H,14H2,1-3H3/t24-/m1/s1. The molecule has 10 heteroatoms. The van der Waals surface area contributed by atoms with E-state index in [0.717, 1.165) is 11.1 Å². The third kappa shape index (κ3) is 4.65. The van der Waals surface area contributed by atoms with Crippen LogP contribution >= 0.6 is 22.6 Å². The first kappa shape index (κ1) is 26.4. The van der Waals surface area contributed by atoms with E-state index >= 15 is 0 Å². The van der Waals surface area contributed by atoms with E-state index in [1.165, 1.54) is 26.4 Å². The molecule has 1 N–H and O–H groups in total. The maximum atomic E-state index is 13.6. The smallest absolute Gasteiger partial charge is 0.336 e. The fourth-order valence-corrected chi connectivity index (χ4v) is 5.74. The average molecular weight is 638 g/mol. The van der Waals surface area contributed by atoms with Crippen LogP contribution < -0.4 is 14.8 Å². The molecule has 1 aliphatic heterocycles. The van der Waals surface area contributed by atoms with Crippen LogP contribution in [0, 0.1) is 13.7 Å². The second-order valence-corrected chi connectivity index (χ2v) is 10.2. The number of dihydropyridines is 1. The van der Waals surface area contributed by atoms with E-state index in [-0.39, 0.29) is 18.1 Å². The number of nitrogens with one attached hydrogen (secondary N) is 1. The summed E-state index contributed by atoms with van der Waals surface area (Å²) in [7, 11) is 2.83. The molecular weight excluding hydrogens is 615 g/mol. The molecule has 0 amide bonds. The highest BCUT2D eigenvalue weighted by molar-refractivity contribution is 14.1. The molecule has 2 aliphatic rings. The summed E-state index contributed by atoms with van der Waals surface area (Å²) in [6.45, 7) is 1.95. The number of carbonyl (C=O) groups is 2. The lowest BCUT2D eigenvalue weighted by Crippen LogP contribution is -2.29. The van der Waals surface area contributed by atoms with Crippen LogP contribution in [0.1, 0.15) is 39.9 Å². The number of nitro groups is 1. The summed E-state index contributed by atoms with van der Waals surface area (Å²) < 4.78 is 17.6. The van der Waals surface area contributed by atoms with Crippen LogP contribution in [0.3, 0.4) is 0 Å². The molecule has 9 nitrogen and oxygen atoms in total. The van der Waals surface area contributed by atoms with Crippen LogP contribution in [0.15, 0.2) is 77.5 Å². The van der Waals surface area contributed by atoms with Gasteiger partial charge in [-0.25, -0.2) is 4.79 Å². The van der Waals surface area contributed by atoms with E-state index in [2.05, 4.69) is 27.9 Å². The third-order valence-corrected chi connectivity index (χ3v) is 7.57. The number of nitrogens with zero attached hydrogens (tertiary/aromatic N) is 1. The predicted molar refractivity (Wildman–Crippen MR) is 151 cm³/mol. The molecule has 0 unspecified atom stereocenters. The number of ketones is 1. The van der Waals surface area contributed by atoms with Gasteiger partial charge in [0.1, 0.15) is 6.61 Å². The summed E-state index contributed by atoms with van der Waals surface area (Å²) in [5.41, 5.74) is 4.87. The monoisotopic (exact) mass is 638 g/mol. The van der Waals surface area contributed by atoms with Crippen molar-refractivity contribution in [3.63, 3.8) is 0 Å². The molecule has 1 atom stereocenters. The number of rotatable bonds is 7.